The summed E-state index contributed by atoms with van der Waals surface area (Å²) in [7, 11) is 0. The molecule has 0 heterocycles. The third kappa shape index (κ3) is 2.46. The lowest BCUT2D eigenvalue weighted by Gasteiger charge is -2.24. The van der Waals surface area contributed by atoms with Crippen LogP contribution in [0.1, 0.15) is 50.5 Å². The number of hydrogen-bond acceptors (Lipinski definition) is 2. The molecule has 0 atom stereocenters. The Morgan fingerprint density at radius 2 is 1.74 bits per heavy atom. The molecular weight excluding hydrogens is 238 g/mol. The van der Waals surface area contributed by atoms with Crippen molar-refractivity contribution >= 4 is 11.7 Å². The molecule has 0 aliphatic heterocycles. The second-order valence-electron chi connectivity index (χ2n) is 5.94. The molecule has 2 aliphatic rings. The molecule has 0 spiro atoms. The molecule has 2 N–H and O–H groups in total. The van der Waals surface area contributed by atoms with Crippen molar-refractivity contribution in [1.29, 1.82) is 0 Å². The monoisotopic (exact) mass is 259 g/mol. The van der Waals surface area contributed by atoms with E-state index in [0.717, 1.165) is 24.1 Å². The first-order valence-electron chi connectivity index (χ1n) is 7.31. The lowest BCUT2D eigenvalue weighted by Crippen LogP contribution is -2.22. The van der Waals surface area contributed by atoms with Gasteiger partial charge in [-0.25, -0.2) is 0 Å². The zero-order valence-corrected chi connectivity index (χ0v) is 11.2. The second kappa shape index (κ2) is 4.87. The van der Waals surface area contributed by atoms with Crippen molar-refractivity contribution in [2.75, 3.05) is 5.32 Å². The van der Waals surface area contributed by atoms with E-state index in [2.05, 4.69) is 5.32 Å². The quantitative estimate of drug-likeness (QED) is 0.869. The molecule has 0 amide bonds. The van der Waals surface area contributed by atoms with Gasteiger partial charge in [-0.3, -0.25) is 4.79 Å². The predicted molar refractivity (Wildman–Crippen MR) is 75.5 cm³/mol. The molecule has 0 bridgehead atoms. The van der Waals surface area contributed by atoms with Crippen molar-refractivity contribution in [1.82, 2.24) is 0 Å². The Balaban J connectivity index is 1.67. The minimum absolute atomic E-state index is 0.580. The summed E-state index contributed by atoms with van der Waals surface area (Å²) in [5.41, 5.74) is 1.50. The number of anilines is 1. The van der Waals surface area contributed by atoms with Gasteiger partial charge in [0.05, 0.1) is 5.41 Å². The highest BCUT2D eigenvalue weighted by molar-refractivity contribution is 5.85. The molecule has 2 aliphatic carbocycles. The number of nitrogens with one attached hydrogen (secondary N) is 1. The van der Waals surface area contributed by atoms with Crippen LogP contribution in [0.15, 0.2) is 24.3 Å². The molecule has 1 aromatic carbocycles. The van der Waals surface area contributed by atoms with Gasteiger partial charge in [-0.15, -0.1) is 0 Å². The summed E-state index contributed by atoms with van der Waals surface area (Å²) in [6.45, 7) is 0. The number of hydrogen-bond donors (Lipinski definition) is 2. The van der Waals surface area contributed by atoms with Crippen LogP contribution in [0.4, 0.5) is 5.69 Å². The molecule has 102 valence electrons. The molecule has 0 saturated heterocycles. The van der Waals surface area contributed by atoms with Gasteiger partial charge in [0, 0.05) is 11.7 Å². The zero-order valence-electron chi connectivity index (χ0n) is 11.2. The summed E-state index contributed by atoms with van der Waals surface area (Å²) in [5.74, 6) is -0.680. The number of rotatable bonds is 4. The van der Waals surface area contributed by atoms with Crippen LogP contribution in [0.25, 0.3) is 0 Å². The van der Waals surface area contributed by atoms with E-state index in [0.29, 0.717) is 6.04 Å². The molecule has 3 rings (SSSR count). The molecular formula is C16H21NO2. The van der Waals surface area contributed by atoms with Gasteiger partial charge >= 0.3 is 5.97 Å². The Bertz CT molecular complexity index is 456. The first-order chi connectivity index (χ1) is 9.21. The topological polar surface area (TPSA) is 49.3 Å². The first-order valence-corrected chi connectivity index (χ1v) is 7.31. The van der Waals surface area contributed by atoms with E-state index in [1.807, 2.05) is 24.3 Å². The number of carboxylic acid groups (broad SMARTS) is 1. The van der Waals surface area contributed by atoms with Gasteiger partial charge in [0.25, 0.3) is 0 Å². The summed E-state index contributed by atoms with van der Waals surface area (Å²) < 4.78 is 0. The maximum absolute atomic E-state index is 11.3. The van der Waals surface area contributed by atoms with Crippen LogP contribution in [0.3, 0.4) is 0 Å². The van der Waals surface area contributed by atoms with Gasteiger partial charge in [0.15, 0.2) is 0 Å². The summed E-state index contributed by atoms with van der Waals surface area (Å²) in [6.07, 6.45) is 8.05. The Morgan fingerprint density at radius 1 is 1.11 bits per heavy atom. The van der Waals surface area contributed by atoms with E-state index >= 15 is 0 Å². The number of benzene rings is 1. The van der Waals surface area contributed by atoms with E-state index in [4.69, 9.17) is 0 Å². The average molecular weight is 259 g/mol. The van der Waals surface area contributed by atoms with Gasteiger partial charge in [-0.1, -0.05) is 31.4 Å². The summed E-state index contributed by atoms with van der Waals surface area (Å²) in [4.78, 5) is 11.3. The molecule has 1 aromatic rings. The van der Waals surface area contributed by atoms with Gasteiger partial charge in [-0.2, -0.15) is 0 Å². The third-order valence-corrected chi connectivity index (χ3v) is 4.57. The standard InChI is InChI=1S/C16H21NO2/c18-15(19)16(10-11-16)12-6-8-14(9-7-12)17-13-4-2-1-3-5-13/h6-9,13,17H,1-5,10-11H2,(H,18,19). The smallest absolute Gasteiger partial charge is 0.314 e. The SMILES string of the molecule is O=C(O)C1(c2ccc(NC3CCCCC3)cc2)CC1. The number of aliphatic carboxylic acids is 1. The van der Waals surface area contributed by atoms with Crippen LogP contribution < -0.4 is 5.32 Å². The van der Waals surface area contributed by atoms with Crippen molar-refractivity contribution in [3.05, 3.63) is 29.8 Å². The van der Waals surface area contributed by atoms with E-state index < -0.39 is 11.4 Å². The van der Waals surface area contributed by atoms with Crippen LogP contribution >= 0.6 is 0 Å². The van der Waals surface area contributed by atoms with Crippen molar-refractivity contribution in [2.24, 2.45) is 0 Å². The van der Waals surface area contributed by atoms with E-state index in [1.54, 1.807) is 0 Å². The highest BCUT2D eigenvalue weighted by Crippen LogP contribution is 2.48. The van der Waals surface area contributed by atoms with Gasteiger partial charge < -0.3 is 10.4 Å². The lowest BCUT2D eigenvalue weighted by molar-refractivity contribution is -0.140. The average Bonchev–Trinajstić information content (AvgIpc) is 3.22. The third-order valence-electron chi connectivity index (χ3n) is 4.57. The van der Waals surface area contributed by atoms with Gasteiger partial charge in [-0.05, 0) is 43.4 Å². The Morgan fingerprint density at radius 3 is 2.26 bits per heavy atom. The maximum atomic E-state index is 11.3. The largest absolute Gasteiger partial charge is 0.481 e. The minimum atomic E-state index is -0.680. The first kappa shape index (κ1) is 12.5. The molecule has 19 heavy (non-hydrogen) atoms. The fourth-order valence-corrected chi connectivity index (χ4v) is 3.12. The fraction of sp³-hybridized carbons (Fsp3) is 0.562. The van der Waals surface area contributed by atoms with Crippen molar-refractivity contribution in [3.63, 3.8) is 0 Å². The highest BCUT2D eigenvalue weighted by Gasteiger charge is 2.51. The van der Waals surface area contributed by atoms with Crippen molar-refractivity contribution < 1.29 is 9.90 Å². The molecule has 0 unspecified atom stereocenters. The van der Waals surface area contributed by atoms with Gasteiger partial charge in [0.2, 0.25) is 0 Å². The number of carboxylic acids is 1. The highest BCUT2D eigenvalue weighted by atomic mass is 16.4. The Kier molecular flexibility index (Phi) is 3.21. The molecule has 2 saturated carbocycles. The summed E-state index contributed by atoms with van der Waals surface area (Å²) in [5, 5.41) is 12.8. The number of carbonyl (C=O) groups is 1. The van der Waals surface area contributed by atoms with Crippen LogP contribution in [0.5, 0.6) is 0 Å². The minimum Gasteiger partial charge on any atom is -0.481 e. The summed E-state index contributed by atoms with van der Waals surface area (Å²) in [6, 6.07) is 8.62. The molecule has 0 aromatic heterocycles. The molecule has 3 heteroatoms. The van der Waals surface area contributed by atoms with Crippen LogP contribution in [0, 0.1) is 0 Å². The Labute approximate surface area is 114 Å². The van der Waals surface area contributed by atoms with E-state index in [9.17, 15) is 9.90 Å². The van der Waals surface area contributed by atoms with Crippen molar-refractivity contribution in [3.8, 4) is 0 Å². The lowest BCUT2D eigenvalue weighted by atomic mass is 9.94. The Hall–Kier alpha value is -1.51. The molecule has 3 nitrogen and oxygen atoms in total. The normalized spacial score (nSPS) is 21.9. The van der Waals surface area contributed by atoms with E-state index in [-0.39, 0.29) is 0 Å². The maximum Gasteiger partial charge on any atom is 0.314 e. The zero-order chi connectivity index (χ0) is 13.3. The van der Waals surface area contributed by atoms with Crippen LogP contribution in [-0.4, -0.2) is 17.1 Å². The van der Waals surface area contributed by atoms with E-state index in [1.165, 1.54) is 32.1 Å². The summed E-state index contributed by atoms with van der Waals surface area (Å²) >= 11 is 0. The van der Waals surface area contributed by atoms with Crippen LogP contribution in [0.2, 0.25) is 0 Å². The van der Waals surface area contributed by atoms with Crippen LogP contribution in [-0.2, 0) is 10.2 Å². The molecule has 2 fully saturated rings. The fourth-order valence-electron chi connectivity index (χ4n) is 3.12. The van der Waals surface area contributed by atoms with Gasteiger partial charge in [0.1, 0.15) is 0 Å². The second-order valence-corrected chi connectivity index (χ2v) is 5.94. The van der Waals surface area contributed by atoms with Crippen molar-refractivity contribution in [2.45, 2.75) is 56.4 Å². The molecule has 0 radical (unpaired) electrons. The predicted octanol–water partition coefficient (Wildman–Crippen LogP) is 3.55.